The lowest BCUT2D eigenvalue weighted by Crippen LogP contribution is -2.33. The topological polar surface area (TPSA) is 91.5 Å². The molecule has 0 fully saturated rings. The van der Waals surface area contributed by atoms with E-state index in [1.165, 1.54) is 6.66 Å². The zero-order chi connectivity index (χ0) is 20.2. The van der Waals surface area contributed by atoms with Gasteiger partial charge in [-0.2, -0.15) is 4.98 Å². The Balaban J connectivity index is 2.26. The van der Waals surface area contributed by atoms with Crippen LogP contribution in [0.3, 0.4) is 0 Å². The lowest BCUT2D eigenvalue weighted by Gasteiger charge is -2.26. The minimum absolute atomic E-state index is 0.0384. The lowest BCUT2D eigenvalue weighted by molar-refractivity contribution is -0.154. The number of nitrogens with zero attached hydrogens (tertiary/aromatic N) is 2. The number of hydrogen-bond acceptors (Lipinski definition) is 7. The molecular formula is C18H24ClN2O5P. The number of halogens is 1. The van der Waals surface area contributed by atoms with Gasteiger partial charge in [0, 0.05) is 23.7 Å². The summed E-state index contributed by atoms with van der Waals surface area (Å²) in [7, 11) is -3.30. The summed E-state index contributed by atoms with van der Waals surface area (Å²) in [5.41, 5.74) is -1.03. The van der Waals surface area contributed by atoms with Crippen molar-refractivity contribution in [2.75, 3.05) is 13.3 Å². The Morgan fingerprint density at radius 3 is 2.48 bits per heavy atom. The van der Waals surface area contributed by atoms with E-state index < -0.39 is 24.6 Å². The van der Waals surface area contributed by atoms with Crippen LogP contribution in [0.5, 0.6) is 0 Å². The second kappa shape index (κ2) is 8.55. The quantitative estimate of drug-likeness (QED) is 0.483. The molecule has 2 unspecified atom stereocenters. The van der Waals surface area contributed by atoms with Crippen molar-refractivity contribution in [3.8, 4) is 11.4 Å². The Morgan fingerprint density at radius 1 is 1.30 bits per heavy atom. The normalized spacial score (nSPS) is 15.2. The molecule has 1 aromatic carbocycles. The Hall–Kier alpha value is -1.69. The van der Waals surface area contributed by atoms with Crippen LogP contribution < -0.4 is 0 Å². The Labute approximate surface area is 163 Å². The van der Waals surface area contributed by atoms with E-state index in [0.717, 1.165) is 0 Å². The van der Waals surface area contributed by atoms with E-state index in [1.54, 1.807) is 52.0 Å². The molecular weight excluding hydrogens is 391 g/mol. The van der Waals surface area contributed by atoms with E-state index in [0.29, 0.717) is 16.4 Å². The number of benzene rings is 1. The molecule has 1 heterocycles. The van der Waals surface area contributed by atoms with Gasteiger partial charge in [0.15, 0.2) is 0 Å². The zero-order valence-electron chi connectivity index (χ0n) is 16.1. The van der Waals surface area contributed by atoms with Crippen LogP contribution in [0.25, 0.3) is 11.4 Å². The molecule has 148 valence electrons. The van der Waals surface area contributed by atoms with E-state index in [9.17, 15) is 9.36 Å². The maximum absolute atomic E-state index is 12.9. The largest absolute Gasteiger partial charge is 0.459 e. The third-order valence-electron chi connectivity index (χ3n) is 3.57. The Bertz CT molecular complexity index is 829. The van der Waals surface area contributed by atoms with Crippen LogP contribution in [-0.4, -0.2) is 40.6 Å². The highest BCUT2D eigenvalue weighted by atomic mass is 35.5. The summed E-state index contributed by atoms with van der Waals surface area (Å²) < 4.78 is 29.0. The van der Waals surface area contributed by atoms with Gasteiger partial charge in [-0.05, 0) is 52.0 Å². The Morgan fingerprint density at radius 2 is 1.93 bits per heavy atom. The van der Waals surface area contributed by atoms with Crippen molar-refractivity contribution >= 4 is 24.9 Å². The monoisotopic (exact) mass is 414 g/mol. The van der Waals surface area contributed by atoms with Crippen LogP contribution in [0.2, 0.25) is 5.02 Å². The van der Waals surface area contributed by atoms with Crippen molar-refractivity contribution in [2.24, 2.45) is 0 Å². The Kier molecular flexibility index (Phi) is 6.84. The van der Waals surface area contributed by atoms with Crippen molar-refractivity contribution in [1.29, 1.82) is 0 Å². The molecule has 0 N–H and O–H groups in total. The van der Waals surface area contributed by atoms with Crippen LogP contribution in [0.4, 0.5) is 0 Å². The maximum atomic E-state index is 12.9. The van der Waals surface area contributed by atoms with E-state index in [1.807, 2.05) is 0 Å². The smallest absolute Gasteiger partial charge is 0.319 e. The average Bonchev–Trinajstić information content (AvgIpc) is 3.00. The highest BCUT2D eigenvalue weighted by Crippen LogP contribution is 2.50. The third kappa shape index (κ3) is 6.16. The number of ether oxygens (including phenoxy) is 1. The fourth-order valence-electron chi connectivity index (χ4n) is 2.38. The minimum atomic E-state index is -3.30. The molecule has 0 aliphatic rings. The molecule has 0 saturated carbocycles. The van der Waals surface area contributed by atoms with Gasteiger partial charge in [0.1, 0.15) is 11.3 Å². The summed E-state index contributed by atoms with van der Waals surface area (Å²) in [5, 5.41) is 4.51. The molecule has 0 bridgehead atoms. The summed E-state index contributed by atoms with van der Waals surface area (Å²) in [4.78, 5) is 16.9. The van der Waals surface area contributed by atoms with Crippen molar-refractivity contribution in [3.63, 3.8) is 0 Å². The van der Waals surface area contributed by atoms with Gasteiger partial charge < -0.3 is 13.8 Å². The molecule has 0 aliphatic carbocycles. The fraction of sp³-hybridized carbons (Fsp3) is 0.500. The molecule has 0 spiro atoms. The molecule has 2 rings (SSSR count). The first-order valence-electron chi connectivity index (χ1n) is 8.55. The summed E-state index contributed by atoms with van der Waals surface area (Å²) >= 11 is 5.88. The summed E-state index contributed by atoms with van der Waals surface area (Å²) in [6.45, 7) is 8.58. The van der Waals surface area contributed by atoms with Crippen LogP contribution in [0, 0.1) is 0 Å². The van der Waals surface area contributed by atoms with Gasteiger partial charge in [0.25, 0.3) is 0 Å². The van der Waals surface area contributed by atoms with E-state index in [-0.39, 0.29) is 18.9 Å². The molecule has 2 atom stereocenters. The molecule has 0 aliphatic heterocycles. The molecule has 2 aromatic rings. The maximum Gasteiger partial charge on any atom is 0.319 e. The zero-order valence-corrected chi connectivity index (χ0v) is 17.7. The van der Waals surface area contributed by atoms with Gasteiger partial charge in [-0.15, -0.1) is 0 Å². The van der Waals surface area contributed by atoms with Crippen molar-refractivity contribution in [3.05, 3.63) is 35.2 Å². The van der Waals surface area contributed by atoms with Crippen molar-refractivity contribution < 1.29 is 23.1 Å². The second-order valence-electron chi connectivity index (χ2n) is 7.10. The first-order valence-corrected chi connectivity index (χ1v) is 11.1. The predicted octanol–water partition coefficient (Wildman–Crippen LogP) is 4.59. The van der Waals surface area contributed by atoms with Gasteiger partial charge in [0.05, 0.1) is 6.61 Å². The lowest BCUT2D eigenvalue weighted by atomic mass is 10.2. The van der Waals surface area contributed by atoms with E-state index in [2.05, 4.69) is 10.1 Å². The third-order valence-corrected chi connectivity index (χ3v) is 6.12. The predicted molar refractivity (Wildman–Crippen MR) is 103 cm³/mol. The molecule has 9 heteroatoms. The molecule has 0 radical (unpaired) electrons. The summed E-state index contributed by atoms with van der Waals surface area (Å²) in [6, 6.07) is 6.94. The van der Waals surface area contributed by atoms with Gasteiger partial charge >= 0.3 is 5.97 Å². The minimum Gasteiger partial charge on any atom is -0.459 e. The van der Waals surface area contributed by atoms with E-state index >= 15 is 0 Å². The number of carbonyl (C=O) groups excluding carboxylic acids is 1. The second-order valence-corrected chi connectivity index (χ2v) is 10.2. The number of aromatic nitrogens is 2. The van der Waals surface area contributed by atoms with Crippen LogP contribution in [0.1, 0.15) is 33.6 Å². The summed E-state index contributed by atoms with van der Waals surface area (Å²) in [6.07, 6.45) is -0.0384. The molecule has 7 nitrogen and oxygen atoms in total. The van der Waals surface area contributed by atoms with Crippen LogP contribution >= 0.6 is 19.0 Å². The van der Waals surface area contributed by atoms with Crippen LogP contribution in [-0.2, 0) is 25.0 Å². The van der Waals surface area contributed by atoms with Gasteiger partial charge in [-0.3, -0.25) is 9.36 Å². The molecule has 27 heavy (non-hydrogen) atoms. The first kappa shape index (κ1) is 21.6. The number of esters is 1. The van der Waals surface area contributed by atoms with Gasteiger partial charge in [-0.1, -0.05) is 16.8 Å². The fourth-order valence-corrected chi connectivity index (χ4v) is 4.12. The SMILES string of the molecule is CCOP(C)(=O)C(Cc1nc(-c2ccc(Cl)cc2)no1)C(=O)OC(C)(C)C. The van der Waals surface area contributed by atoms with Gasteiger partial charge in [-0.25, -0.2) is 0 Å². The first-order chi connectivity index (χ1) is 12.5. The highest BCUT2D eigenvalue weighted by Gasteiger charge is 2.40. The number of hydrogen-bond donors (Lipinski definition) is 0. The molecule has 1 aromatic heterocycles. The highest BCUT2D eigenvalue weighted by molar-refractivity contribution is 7.60. The van der Waals surface area contributed by atoms with E-state index in [4.69, 9.17) is 25.4 Å². The standard InChI is InChI=1S/C18H24ClN2O5P/c1-6-24-27(5,23)14(17(22)25-18(2,3)4)11-15-20-16(21-26-15)12-7-9-13(19)10-8-12/h7-10,14H,6,11H2,1-5H3. The van der Waals surface area contributed by atoms with Crippen molar-refractivity contribution in [1.82, 2.24) is 10.1 Å². The molecule has 0 saturated heterocycles. The molecule has 0 amide bonds. The number of rotatable bonds is 7. The van der Waals surface area contributed by atoms with Gasteiger partial charge in [0.2, 0.25) is 19.1 Å². The number of carbonyl (C=O) groups is 1. The summed E-state index contributed by atoms with van der Waals surface area (Å²) in [5.74, 6) is -0.0856. The van der Waals surface area contributed by atoms with Crippen LogP contribution in [0.15, 0.2) is 28.8 Å². The average molecular weight is 415 g/mol. The van der Waals surface area contributed by atoms with Crippen molar-refractivity contribution in [2.45, 2.75) is 45.4 Å².